The quantitative estimate of drug-likeness (QED) is 0.902. The summed E-state index contributed by atoms with van der Waals surface area (Å²) in [4.78, 5) is 4.76. The van der Waals surface area contributed by atoms with Crippen molar-refractivity contribution in [3.63, 3.8) is 0 Å². The third-order valence-corrected chi connectivity index (χ3v) is 3.81. The summed E-state index contributed by atoms with van der Waals surface area (Å²) in [5, 5.41) is 18.4. The fraction of sp³-hybridized carbons (Fsp3) is 0.562. The molecule has 0 radical (unpaired) electrons. The predicted molar refractivity (Wildman–Crippen MR) is 79.1 cm³/mol. The lowest BCUT2D eigenvalue weighted by atomic mass is 10.1. The van der Waals surface area contributed by atoms with Crippen LogP contribution in [-0.4, -0.2) is 53.2 Å². The number of aliphatic hydroxyl groups is 1. The van der Waals surface area contributed by atoms with E-state index < -0.39 is 0 Å². The summed E-state index contributed by atoms with van der Waals surface area (Å²) in [7, 11) is 0. The summed E-state index contributed by atoms with van der Waals surface area (Å²) >= 11 is 0. The van der Waals surface area contributed by atoms with Crippen LogP contribution in [0.15, 0.2) is 24.3 Å². The molecule has 0 amide bonds. The van der Waals surface area contributed by atoms with Crippen molar-refractivity contribution in [2.45, 2.75) is 32.5 Å². The number of hydrogen-bond donors (Lipinski definition) is 1. The van der Waals surface area contributed by atoms with E-state index in [2.05, 4.69) is 28.9 Å². The third-order valence-electron chi connectivity index (χ3n) is 3.81. The van der Waals surface area contributed by atoms with Crippen LogP contribution in [0.3, 0.4) is 0 Å². The smallest absolute Gasteiger partial charge is 0.0991 e. The SMILES string of the molecule is C[C@@H](O)CN1CCN(Cc2cccc(C#N)c2)C[C@@H]1C. The lowest BCUT2D eigenvalue weighted by Crippen LogP contribution is -2.53. The van der Waals surface area contributed by atoms with E-state index in [1.807, 2.05) is 25.1 Å². The molecule has 2 rings (SSSR count). The minimum Gasteiger partial charge on any atom is -0.392 e. The molecule has 4 nitrogen and oxygen atoms in total. The van der Waals surface area contributed by atoms with Gasteiger partial charge in [-0.3, -0.25) is 9.80 Å². The Kier molecular flexibility index (Phi) is 5.13. The molecule has 1 saturated heterocycles. The molecule has 0 saturated carbocycles. The van der Waals surface area contributed by atoms with E-state index in [1.165, 1.54) is 5.56 Å². The van der Waals surface area contributed by atoms with Gasteiger partial charge in [-0.2, -0.15) is 5.26 Å². The van der Waals surface area contributed by atoms with E-state index in [1.54, 1.807) is 0 Å². The van der Waals surface area contributed by atoms with Gasteiger partial charge in [-0.15, -0.1) is 0 Å². The van der Waals surface area contributed by atoms with Crippen LogP contribution >= 0.6 is 0 Å². The minimum atomic E-state index is -0.267. The number of benzene rings is 1. The van der Waals surface area contributed by atoms with Crippen molar-refractivity contribution in [2.75, 3.05) is 26.2 Å². The summed E-state index contributed by atoms with van der Waals surface area (Å²) in [5.74, 6) is 0. The Balaban J connectivity index is 1.91. The first-order valence-electron chi connectivity index (χ1n) is 7.22. The van der Waals surface area contributed by atoms with Crippen molar-refractivity contribution in [2.24, 2.45) is 0 Å². The van der Waals surface area contributed by atoms with E-state index in [9.17, 15) is 5.11 Å². The topological polar surface area (TPSA) is 50.5 Å². The highest BCUT2D eigenvalue weighted by atomic mass is 16.3. The molecular formula is C16H23N3O. The first-order valence-corrected chi connectivity index (χ1v) is 7.22. The standard InChI is InChI=1S/C16H23N3O/c1-13-10-18(6-7-19(13)11-14(2)20)12-16-5-3-4-15(8-16)9-17/h3-5,8,13-14,20H,6-7,10-12H2,1-2H3/t13-,14+/m0/s1. The number of nitrogens with zero attached hydrogens (tertiary/aromatic N) is 3. The van der Waals surface area contributed by atoms with Crippen LogP contribution in [-0.2, 0) is 6.54 Å². The highest BCUT2D eigenvalue weighted by Gasteiger charge is 2.24. The van der Waals surface area contributed by atoms with Crippen LogP contribution in [0.5, 0.6) is 0 Å². The molecule has 2 atom stereocenters. The van der Waals surface area contributed by atoms with Crippen LogP contribution < -0.4 is 0 Å². The van der Waals surface area contributed by atoms with E-state index in [-0.39, 0.29) is 6.10 Å². The van der Waals surface area contributed by atoms with Gasteiger partial charge in [0.15, 0.2) is 0 Å². The van der Waals surface area contributed by atoms with Gasteiger partial charge in [0.05, 0.1) is 17.7 Å². The lowest BCUT2D eigenvalue weighted by Gasteiger charge is -2.40. The summed E-state index contributed by atoms with van der Waals surface area (Å²) in [5.41, 5.74) is 1.92. The Morgan fingerprint density at radius 2 is 2.25 bits per heavy atom. The van der Waals surface area contributed by atoms with Crippen LogP contribution in [0.25, 0.3) is 0 Å². The average molecular weight is 273 g/mol. The maximum absolute atomic E-state index is 9.50. The highest BCUT2D eigenvalue weighted by Crippen LogP contribution is 2.14. The van der Waals surface area contributed by atoms with Crippen LogP contribution in [0, 0.1) is 11.3 Å². The van der Waals surface area contributed by atoms with Crippen LogP contribution in [0.4, 0.5) is 0 Å². The van der Waals surface area contributed by atoms with Crippen molar-refractivity contribution in [1.29, 1.82) is 5.26 Å². The largest absolute Gasteiger partial charge is 0.392 e. The van der Waals surface area contributed by atoms with E-state index >= 15 is 0 Å². The van der Waals surface area contributed by atoms with E-state index in [0.717, 1.165) is 38.3 Å². The minimum absolute atomic E-state index is 0.267. The Labute approximate surface area is 121 Å². The van der Waals surface area contributed by atoms with Gasteiger partial charge in [0.2, 0.25) is 0 Å². The molecule has 0 unspecified atom stereocenters. The van der Waals surface area contributed by atoms with Gasteiger partial charge in [0.1, 0.15) is 0 Å². The third kappa shape index (κ3) is 4.04. The van der Waals surface area contributed by atoms with Gasteiger partial charge in [0.25, 0.3) is 0 Å². The summed E-state index contributed by atoms with van der Waals surface area (Å²) < 4.78 is 0. The molecule has 20 heavy (non-hydrogen) atoms. The molecule has 1 N–H and O–H groups in total. The Morgan fingerprint density at radius 1 is 1.45 bits per heavy atom. The van der Waals surface area contributed by atoms with Crippen molar-refractivity contribution in [1.82, 2.24) is 9.80 Å². The van der Waals surface area contributed by atoms with Crippen molar-refractivity contribution in [3.05, 3.63) is 35.4 Å². The number of aliphatic hydroxyl groups excluding tert-OH is 1. The van der Waals surface area contributed by atoms with Crippen molar-refractivity contribution in [3.8, 4) is 6.07 Å². The fourth-order valence-electron chi connectivity index (χ4n) is 2.82. The zero-order valence-corrected chi connectivity index (χ0v) is 12.3. The molecule has 1 heterocycles. The second-order valence-electron chi connectivity index (χ2n) is 5.74. The lowest BCUT2D eigenvalue weighted by molar-refractivity contribution is 0.0423. The summed E-state index contributed by atoms with van der Waals surface area (Å²) in [6, 6.07) is 10.5. The molecular weight excluding hydrogens is 250 g/mol. The maximum Gasteiger partial charge on any atom is 0.0991 e. The van der Waals surface area contributed by atoms with Crippen LogP contribution in [0.2, 0.25) is 0 Å². The van der Waals surface area contributed by atoms with Gasteiger partial charge in [-0.1, -0.05) is 12.1 Å². The Morgan fingerprint density at radius 3 is 2.90 bits per heavy atom. The average Bonchev–Trinajstić information content (AvgIpc) is 2.42. The second kappa shape index (κ2) is 6.85. The summed E-state index contributed by atoms with van der Waals surface area (Å²) in [6.45, 7) is 8.69. The number of nitriles is 1. The summed E-state index contributed by atoms with van der Waals surface area (Å²) in [6.07, 6.45) is -0.267. The first-order chi connectivity index (χ1) is 9.58. The highest BCUT2D eigenvalue weighted by molar-refractivity contribution is 5.32. The molecule has 1 fully saturated rings. The molecule has 0 aromatic heterocycles. The van der Waals surface area contributed by atoms with Gasteiger partial charge in [-0.05, 0) is 31.5 Å². The van der Waals surface area contributed by atoms with Crippen molar-refractivity contribution >= 4 is 0 Å². The second-order valence-corrected chi connectivity index (χ2v) is 5.74. The molecule has 0 spiro atoms. The van der Waals surface area contributed by atoms with Gasteiger partial charge in [0, 0.05) is 38.8 Å². The number of β-amino-alcohol motifs (C(OH)–C–C–N with tert-alkyl or cyclic N) is 1. The van der Waals surface area contributed by atoms with Crippen molar-refractivity contribution < 1.29 is 5.11 Å². The molecule has 108 valence electrons. The Bertz CT molecular complexity index is 481. The maximum atomic E-state index is 9.50. The molecule has 4 heteroatoms. The van der Waals surface area contributed by atoms with Gasteiger partial charge < -0.3 is 5.11 Å². The van der Waals surface area contributed by atoms with Gasteiger partial charge in [-0.25, -0.2) is 0 Å². The van der Waals surface area contributed by atoms with Crippen LogP contribution in [0.1, 0.15) is 25.0 Å². The Hall–Kier alpha value is -1.41. The zero-order chi connectivity index (χ0) is 14.5. The molecule has 1 aromatic rings. The number of piperazine rings is 1. The van der Waals surface area contributed by atoms with E-state index in [4.69, 9.17) is 5.26 Å². The number of rotatable bonds is 4. The van der Waals surface area contributed by atoms with Gasteiger partial charge >= 0.3 is 0 Å². The number of hydrogen-bond acceptors (Lipinski definition) is 4. The molecule has 1 aromatic carbocycles. The zero-order valence-electron chi connectivity index (χ0n) is 12.3. The monoisotopic (exact) mass is 273 g/mol. The van der Waals surface area contributed by atoms with E-state index in [0.29, 0.717) is 6.04 Å². The molecule has 0 bridgehead atoms. The molecule has 1 aliphatic rings. The predicted octanol–water partition coefficient (Wildman–Crippen LogP) is 1.45. The fourth-order valence-corrected chi connectivity index (χ4v) is 2.82. The normalized spacial score (nSPS) is 22.4. The first kappa shape index (κ1) is 15.0. The molecule has 0 aliphatic carbocycles. The molecule has 1 aliphatic heterocycles.